The van der Waals surface area contributed by atoms with Gasteiger partial charge in [-0.15, -0.1) is 0 Å². The third-order valence-corrected chi connectivity index (χ3v) is 3.64. The second-order valence-electron chi connectivity index (χ2n) is 5.26. The van der Waals surface area contributed by atoms with Crippen LogP contribution in [0.25, 0.3) is 0 Å². The first-order chi connectivity index (χ1) is 10.0. The van der Waals surface area contributed by atoms with Gasteiger partial charge in [-0.2, -0.15) is 0 Å². The molecule has 112 valence electrons. The van der Waals surface area contributed by atoms with E-state index in [0.29, 0.717) is 18.5 Å². The number of amides is 2. The topological polar surface area (TPSA) is 84.2 Å². The SMILES string of the molecule is CCC(=O)Nc1cccc(NC(=O)C2C=CC(N)C2)c1C. The van der Waals surface area contributed by atoms with Crippen molar-refractivity contribution in [3.8, 4) is 0 Å². The van der Waals surface area contributed by atoms with Gasteiger partial charge in [0.15, 0.2) is 0 Å². The molecule has 2 atom stereocenters. The zero-order chi connectivity index (χ0) is 15.4. The number of carbonyl (C=O) groups excluding carboxylic acids is 2. The van der Waals surface area contributed by atoms with Crippen LogP contribution in [0.15, 0.2) is 30.4 Å². The fourth-order valence-electron chi connectivity index (χ4n) is 2.29. The molecule has 0 saturated heterocycles. The molecule has 1 aromatic carbocycles. The Morgan fingerprint density at radius 1 is 1.24 bits per heavy atom. The zero-order valence-electron chi connectivity index (χ0n) is 12.3. The van der Waals surface area contributed by atoms with Gasteiger partial charge in [-0.25, -0.2) is 0 Å². The Morgan fingerprint density at radius 2 is 1.90 bits per heavy atom. The van der Waals surface area contributed by atoms with Crippen LogP contribution in [-0.4, -0.2) is 17.9 Å². The molecule has 2 unspecified atom stereocenters. The Kier molecular flexibility index (Phi) is 4.75. The number of benzene rings is 1. The van der Waals surface area contributed by atoms with Crippen LogP contribution in [0, 0.1) is 12.8 Å². The standard InChI is InChI=1S/C16H21N3O2/c1-3-15(20)18-13-5-4-6-14(10(13)2)19-16(21)11-7-8-12(17)9-11/h4-8,11-12H,3,9,17H2,1-2H3,(H,18,20)(H,19,21). The quantitative estimate of drug-likeness (QED) is 0.742. The van der Waals surface area contributed by atoms with Crippen molar-refractivity contribution in [2.75, 3.05) is 10.6 Å². The minimum Gasteiger partial charge on any atom is -0.326 e. The van der Waals surface area contributed by atoms with Crippen molar-refractivity contribution in [2.45, 2.75) is 32.7 Å². The molecule has 0 bridgehead atoms. The first-order valence-corrected chi connectivity index (χ1v) is 7.15. The van der Waals surface area contributed by atoms with Crippen molar-refractivity contribution in [3.63, 3.8) is 0 Å². The van der Waals surface area contributed by atoms with E-state index in [-0.39, 0.29) is 23.8 Å². The third-order valence-electron chi connectivity index (χ3n) is 3.64. The molecule has 0 aromatic heterocycles. The van der Waals surface area contributed by atoms with Crippen LogP contribution in [0.1, 0.15) is 25.3 Å². The Balaban J connectivity index is 2.10. The lowest BCUT2D eigenvalue weighted by atomic mass is 10.1. The molecule has 5 heteroatoms. The van der Waals surface area contributed by atoms with Gasteiger partial charge in [0.2, 0.25) is 11.8 Å². The fourth-order valence-corrected chi connectivity index (χ4v) is 2.29. The van der Waals surface area contributed by atoms with Gasteiger partial charge in [-0.05, 0) is 31.0 Å². The molecule has 4 N–H and O–H groups in total. The maximum Gasteiger partial charge on any atom is 0.231 e. The van der Waals surface area contributed by atoms with E-state index < -0.39 is 0 Å². The first-order valence-electron chi connectivity index (χ1n) is 7.15. The third kappa shape index (κ3) is 3.70. The fraction of sp³-hybridized carbons (Fsp3) is 0.375. The van der Waals surface area contributed by atoms with Crippen molar-refractivity contribution in [1.29, 1.82) is 0 Å². The number of carbonyl (C=O) groups is 2. The second-order valence-corrected chi connectivity index (χ2v) is 5.26. The van der Waals surface area contributed by atoms with Gasteiger partial charge in [0, 0.05) is 23.8 Å². The summed E-state index contributed by atoms with van der Waals surface area (Å²) in [6.07, 6.45) is 4.75. The smallest absolute Gasteiger partial charge is 0.231 e. The minimum absolute atomic E-state index is 0.0444. The van der Waals surface area contributed by atoms with Gasteiger partial charge in [0.25, 0.3) is 0 Å². The van der Waals surface area contributed by atoms with Gasteiger partial charge in [0.1, 0.15) is 0 Å². The van der Waals surface area contributed by atoms with E-state index in [1.807, 2.05) is 37.3 Å². The molecule has 21 heavy (non-hydrogen) atoms. The molecule has 2 amide bonds. The molecule has 5 nitrogen and oxygen atoms in total. The van der Waals surface area contributed by atoms with Gasteiger partial charge in [-0.1, -0.05) is 25.1 Å². The predicted molar refractivity (Wildman–Crippen MR) is 84.0 cm³/mol. The molecule has 0 spiro atoms. The Morgan fingerprint density at radius 3 is 2.48 bits per heavy atom. The monoisotopic (exact) mass is 287 g/mol. The Labute approximate surface area is 124 Å². The summed E-state index contributed by atoms with van der Waals surface area (Å²) in [4.78, 5) is 23.7. The number of hydrogen-bond donors (Lipinski definition) is 3. The van der Waals surface area contributed by atoms with Gasteiger partial charge in [0.05, 0.1) is 5.92 Å². The second kappa shape index (κ2) is 6.54. The molecular formula is C16H21N3O2. The Bertz CT molecular complexity index is 581. The molecule has 0 fully saturated rings. The van der Waals surface area contributed by atoms with Gasteiger partial charge < -0.3 is 16.4 Å². The highest BCUT2D eigenvalue weighted by Crippen LogP contribution is 2.25. The van der Waals surface area contributed by atoms with Crippen molar-refractivity contribution in [3.05, 3.63) is 35.9 Å². The van der Waals surface area contributed by atoms with Crippen LogP contribution in [0.2, 0.25) is 0 Å². The molecule has 0 radical (unpaired) electrons. The highest BCUT2D eigenvalue weighted by Gasteiger charge is 2.23. The van der Waals surface area contributed by atoms with E-state index >= 15 is 0 Å². The summed E-state index contributed by atoms with van der Waals surface area (Å²) in [7, 11) is 0. The van der Waals surface area contributed by atoms with Crippen LogP contribution in [0.3, 0.4) is 0 Å². The first kappa shape index (κ1) is 15.3. The van der Waals surface area contributed by atoms with E-state index in [1.54, 1.807) is 6.92 Å². The van der Waals surface area contributed by atoms with Gasteiger partial charge >= 0.3 is 0 Å². The van der Waals surface area contributed by atoms with E-state index in [4.69, 9.17) is 5.73 Å². The molecule has 1 aliphatic carbocycles. The zero-order valence-corrected chi connectivity index (χ0v) is 12.3. The number of nitrogens with one attached hydrogen (secondary N) is 2. The Hall–Kier alpha value is -2.14. The van der Waals surface area contributed by atoms with Crippen LogP contribution >= 0.6 is 0 Å². The molecule has 1 aromatic rings. The van der Waals surface area contributed by atoms with Crippen LogP contribution in [0.4, 0.5) is 11.4 Å². The van der Waals surface area contributed by atoms with Gasteiger partial charge in [-0.3, -0.25) is 9.59 Å². The number of nitrogens with two attached hydrogens (primary N) is 1. The summed E-state index contributed by atoms with van der Waals surface area (Å²) >= 11 is 0. The van der Waals surface area contributed by atoms with E-state index in [1.165, 1.54) is 0 Å². The lowest BCUT2D eigenvalue weighted by molar-refractivity contribution is -0.118. The maximum absolute atomic E-state index is 12.2. The summed E-state index contributed by atoms with van der Waals surface area (Å²) in [5.41, 5.74) is 8.04. The van der Waals surface area contributed by atoms with Crippen LogP contribution in [0.5, 0.6) is 0 Å². The lowest BCUT2D eigenvalue weighted by Gasteiger charge is -2.15. The van der Waals surface area contributed by atoms with E-state index in [9.17, 15) is 9.59 Å². The molecule has 2 rings (SSSR count). The van der Waals surface area contributed by atoms with Crippen molar-refractivity contribution in [2.24, 2.45) is 11.7 Å². The highest BCUT2D eigenvalue weighted by molar-refractivity contribution is 5.97. The lowest BCUT2D eigenvalue weighted by Crippen LogP contribution is -2.24. The van der Waals surface area contributed by atoms with Crippen molar-refractivity contribution < 1.29 is 9.59 Å². The number of rotatable bonds is 4. The summed E-state index contributed by atoms with van der Waals surface area (Å²) in [5, 5.41) is 5.73. The van der Waals surface area contributed by atoms with Crippen molar-refractivity contribution >= 4 is 23.2 Å². The molecular weight excluding hydrogens is 266 g/mol. The maximum atomic E-state index is 12.2. The summed E-state index contributed by atoms with van der Waals surface area (Å²) < 4.78 is 0. The summed E-state index contributed by atoms with van der Waals surface area (Å²) in [5.74, 6) is -0.305. The van der Waals surface area contributed by atoms with E-state index in [2.05, 4.69) is 10.6 Å². The average molecular weight is 287 g/mol. The summed E-state index contributed by atoms with van der Waals surface area (Å²) in [6.45, 7) is 3.67. The molecule has 0 heterocycles. The van der Waals surface area contributed by atoms with E-state index in [0.717, 1.165) is 11.3 Å². The average Bonchev–Trinajstić information content (AvgIpc) is 2.89. The minimum atomic E-state index is -0.187. The largest absolute Gasteiger partial charge is 0.326 e. The molecule has 0 aliphatic heterocycles. The highest BCUT2D eigenvalue weighted by atomic mass is 16.2. The normalized spacial score (nSPS) is 20.3. The number of hydrogen-bond acceptors (Lipinski definition) is 3. The number of anilines is 2. The predicted octanol–water partition coefficient (Wildman–Crippen LogP) is 2.19. The molecule has 0 saturated carbocycles. The van der Waals surface area contributed by atoms with Crippen LogP contribution in [-0.2, 0) is 9.59 Å². The van der Waals surface area contributed by atoms with Crippen LogP contribution < -0.4 is 16.4 Å². The molecule has 1 aliphatic rings. The van der Waals surface area contributed by atoms with Crippen molar-refractivity contribution in [1.82, 2.24) is 0 Å². The summed E-state index contributed by atoms with van der Waals surface area (Å²) in [6, 6.07) is 5.42.